The quantitative estimate of drug-likeness (QED) is 0.903. The van der Waals surface area contributed by atoms with Gasteiger partial charge >= 0.3 is 0 Å². The molecule has 0 spiro atoms. The van der Waals surface area contributed by atoms with Crippen LogP contribution in [-0.2, 0) is 0 Å². The molecular weight excluding hydrogens is 256 g/mol. The van der Waals surface area contributed by atoms with E-state index in [0.717, 1.165) is 29.8 Å². The van der Waals surface area contributed by atoms with Crippen molar-refractivity contribution in [2.24, 2.45) is 0 Å². The highest BCUT2D eigenvalue weighted by Crippen LogP contribution is 2.25. The topological polar surface area (TPSA) is 41.1 Å². The lowest BCUT2D eigenvalue weighted by molar-refractivity contribution is 0.0952. The van der Waals surface area contributed by atoms with E-state index in [1.807, 2.05) is 24.3 Å². The number of nitrogens with one attached hydrogen (secondary N) is 2. The molecule has 0 saturated carbocycles. The summed E-state index contributed by atoms with van der Waals surface area (Å²) in [6.45, 7) is 1.80. The van der Waals surface area contributed by atoms with Crippen LogP contribution in [0.25, 0.3) is 10.1 Å². The van der Waals surface area contributed by atoms with Gasteiger partial charge in [-0.3, -0.25) is 4.79 Å². The fraction of sp³-hybridized carbons (Fsp3) is 0.400. The number of carbonyl (C=O) groups is 1. The SMILES string of the molecule is O=C(NCC1CCCCN1)c1cc2ccccc2s1. The normalized spacial score (nSPS) is 19.5. The Labute approximate surface area is 117 Å². The number of carbonyl (C=O) groups excluding carboxylic acids is 1. The van der Waals surface area contributed by atoms with E-state index in [1.165, 1.54) is 17.5 Å². The van der Waals surface area contributed by atoms with E-state index in [9.17, 15) is 4.79 Å². The summed E-state index contributed by atoms with van der Waals surface area (Å²) in [5, 5.41) is 7.63. The van der Waals surface area contributed by atoms with Gasteiger partial charge in [-0.25, -0.2) is 0 Å². The van der Waals surface area contributed by atoms with Gasteiger partial charge in [-0.05, 0) is 36.9 Å². The molecule has 1 aromatic heterocycles. The maximum Gasteiger partial charge on any atom is 0.261 e. The zero-order chi connectivity index (χ0) is 13.1. The molecule has 1 amide bonds. The monoisotopic (exact) mass is 274 g/mol. The van der Waals surface area contributed by atoms with Crippen LogP contribution in [0.2, 0.25) is 0 Å². The van der Waals surface area contributed by atoms with E-state index in [2.05, 4.69) is 16.7 Å². The number of hydrogen-bond donors (Lipinski definition) is 2. The van der Waals surface area contributed by atoms with Crippen LogP contribution in [0.4, 0.5) is 0 Å². The maximum atomic E-state index is 12.1. The maximum absolute atomic E-state index is 12.1. The Kier molecular flexibility index (Phi) is 3.80. The van der Waals surface area contributed by atoms with Crippen LogP contribution in [-0.4, -0.2) is 25.0 Å². The van der Waals surface area contributed by atoms with Crippen LogP contribution in [0.3, 0.4) is 0 Å². The van der Waals surface area contributed by atoms with Crippen LogP contribution in [0.15, 0.2) is 30.3 Å². The van der Waals surface area contributed by atoms with Crippen molar-refractivity contribution in [1.29, 1.82) is 0 Å². The van der Waals surface area contributed by atoms with Crippen molar-refractivity contribution < 1.29 is 4.79 Å². The summed E-state index contributed by atoms with van der Waals surface area (Å²) in [6.07, 6.45) is 3.67. The van der Waals surface area contributed by atoms with Crippen LogP contribution in [0.5, 0.6) is 0 Å². The first-order chi connectivity index (χ1) is 9.33. The van der Waals surface area contributed by atoms with Crippen molar-refractivity contribution in [1.82, 2.24) is 10.6 Å². The van der Waals surface area contributed by atoms with Gasteiger partial charge < -0.3 is 10.6 Å². The molecule has 1 saturated heterocycles. The van der Waals surface area contributed by atoms with Gasteiger partial charge in [0.25, 0.3) is 5.91 Å². The lowest BCUT2D eigenvalue weighted by Gasteiger charge is -2.23. The molecule has 0 radical (unpaired) electrons. The molecule has 2 aromatic rings. The summed E-state index contributed by atoms with van der Waals surface area (Å²) in [5.74, 6) is 0.0496. The minimum Gasteiger partial charge on any atom is -0.350 e. The second-order valence-electron chi connectivity index (χ2n) is 5.01. The summed E-state index contributed by atoms with van der Waals surface area (Å²) in [7, 11) is 0. The average molecular weight is 274 g/mol. The lowest BCUT2D eigenvalue weighted by atomic mass is 10.1. The van der Waals surface area contributed by atoms with Crippen LogP contribution < -0.4 is 10.6 Å². The molecule has 1 atom stereocenters. The smallest absolute Gasteiger partial charge is 0.261 e. The lowest BCUT2D eigenvalue weighted by Crippen LogP contribution is -2.43. The van der Waals surface area contributed by atoms with Gasteiger partial charge in [0.2, 0.25) is 0 Å². The molecule has 19 heavy (non-hydrogen) atoms. The Hall–Kier alpha value is -1.39. The van der Waals surface area contributed by atoms with E-state index in [1.54, 1.807) is 11.3 Å². The third-order valence-electron chi connectivity index (χ3n) is 3.57. The van der Waals surface area contributed by atoms with E-state index in [-0.39, 0.29) is 5.91 Å². The number of amides is 1. The Bertz CT molecular complexity index is 539. The molecular formula is C15H18N2OS. The Morgan fingerprint density at radius 1 is 1.37 bits per heavy atom. The van der Waals surface area contributed by atoms with Gasteiger partial charge in [0.15, 0.2) is 0 Å². The molecule has 0 aliphatic carbocycles. The average Bonchev–Trinajstić information content (AvgIpc) is 2.90. The first-order valence-electron chi connectivity index (χ1n) is 6.83. The highest BCUT2D eigenvalue weighted by molar-refractivity contribution is 7.20. The molecule has 1 aliphatic heterocycles. The Balaban J connectivity index is 1.63. The van der Waals surface area contributed by atoms with Gasteiger partial charge in [0.05, 0.1) is 4.88 Å². The van der Waals surface area contributed by atoms with E-state index < -0.39 is 0 Å². The highest BCUT2D eigenvalue weighted by atomic mass is 32.1. The van der Waals surface area contributed by atoms with Crippen molar-refractivity contribution in [3.05, 3.63) is 35.2 Å². The van der Waals surface area contributed by atoms with Gasteiger partial charge in [-0.1, -0.05) is 24.6 Å². The standard InChI is InChI=1S/C15H18N2OS/c18-15(17-10-12-6-3-4-8-16-12)14-9-11-5-1-2-7-13(11)19-14/h1-2,5,7,9,12,16H,3-4,6,8,10H2,(H,17,18). The van der Waals surface area contributed by atoms with Crippen molar-refractivity contribution in [2.75, 3.05) is 13.1 Å². The van der Waals surface area contributed by atoms with Gasteiger partial charge in [-0.2, -0.15) is 0 Å². The molecule has 0 bridgehead atoms. The summed E-state index contributed by atoms with van der Waals surface area (Å²) in [5.41, 5.74) is 0. The number of benzene rings is 1. The largest absolute Gasteiger partial charge is 0.350 e. The second-order valence-corrected chi connectivity index (χ2v) is 6.09. The molecule has 3 nitrogen and oxygen atoms in total. The molecule has 1 aliphatic rings. The molecule has 1 fully saturated rings. The van der Waals surface area contributed by atoms with E-state index in [4.69, 9.17) is 0 Å². The van der Waals surface area contributed by atoms with Gasteiger partial charge in [0.1, 0.15) is 0 Å². The first-order valence-corrected chi connectivity index (χ1v) is 7.65. The third-order valence-corrected chi connectivity index (χ3v) is 4.69. The second kappa shape index (κ2) is 5.72. The number of thiophene rings is 1. The van der Waals surface area contributed by atoms with Gasteiger partial charge in [-0.15, -0.1) is 11.3 Å². The molecule has 100 valence electrons. The van der Waals surface area contributed by atoms with Crippen LogP contribution in [0, 0.1) is 0 Å². The highest BCUT2D eigenvalue weighted by Gasteiger charge is 2.15. The van der Waals surface area contributed by atoms with Crippen LogP contribution >= 0.6 is 11.3 Å². The number of hydrogen-bond acceptors (Lipinski definition) is 3. The summed E-state index contributed by atoms with van der Waals surface area (Å²) >= 11 is 1.56. The molecule has 2 heterocycles. The summed E-state index contributed by atoms with van der Waals surface area (Å²) in [6, 6.07) is 10.5. The molecule has 3 rings (SSSR count). The fourth-order valence-electron chi connectivity index (χ4n) is 2.50. The minimum atomic E-state index is 0.0496. The Morgan fingerprint density at radius 2 is 2.26 bits per heavy atom. The number of piperidine rings is 1. The fourth-order valence-corrected chi connectivity index (χ4v) is 3.47. The van der Waals surface area contributed by atoms with Crippen molar-refractivity contribution in [3.63, 3.8) is 0 Å². The third kappa shape index (κ3) is 2.96. The number of rotatable bonds is 3. The minimum absolute atomic E-state index is 0.0496. The first kappa shape index (κ1) is 12.6. The van der Waals surface area contributed by atoms with Crippen LogP contribution in [0.1, 0.15) is 28.9 Å². The zero-order valence-electron chi connectivity index (χ0n) is 10.8. The predicted molar refractivity (Wildman–Crippen MR) is 79.8 cm³/mol. The van der Waals surface area contributed by atoms with Crippen molar-refractivity contribution >= 4 is 27.3 Å². The number of fused-ring (bicyclic) bond motifs is 1. The van der Waals surface area contributed by atoms with Gasteiger partial charge in [0, 0.05) is 17.3 Å². The summed E-state index contributed by atoms with van der Waals surface area (Å²) in [4.78, 5) is 12.9. The van der Waals surface area contributed by atoms with E-state index >= 15 is 0 Å². The summed E-state index contributed by atoms with van der Waals surface area (Å²) < 4.78 is 1.17. The molecule has 4 heteroatoms. The molecule has 2 N–H and O–H groups in total. The molecule has 1 aromatic carbocycles. The zero-order valence-corrected chi connectivity index (χ0v) is 11.6. The molecule has 1 unspecified atom stereocenters. The van der Waals surface area contributed by atoms with Crippen molar-refractivity contribution in [2.45, 2.75) is 25.3 Å². The Morgan fingerprint density at radius 3 is 3.05 bits per heavy atom. The predicted octanol–water partition coefficient (Wildman–Crippen LogP) is 2.77. The van der Waals surface area contributed by atoms with E-state index in [0.29, 0.717) is 6.04 Å². The van der Waals surface area contributed by atoms with Crippen molar-refractivity contribution in [3.8, 4) is 0 Å².